The van der Waals surface area contributed by atoms with E-state index in [0.29, 0.717) is 11.5 Å². The van der Waals surface area contributed by atoms with Gasteiger partial charge in [0.2, 0.25) is 0 Å². The minimum Gasteiger partial charge on any atom is -0.497 e. The maximum absolute atomic E-state index is 9.54. The first-order valence-electron chi connectivity index (χ1n) is 12.9. The van der Waals surface area contributed by atoms with Gasteiger partial charge in [0, 0.05) is 37.9 Å². The Hall–Kier alpha value is -2.77. The number of benzene rings is 3. The zero-order valence-electron chi connectivity index (χ0n) is 21.9. The summed E-state index contributed by atoms with van der Waals surface area (Å²) in [6, 6.07) is 23.6. The second-order valence-corrected chi connectivity index (χ2v) is 10.0. The van der Waals surface area contributed by atoms with Crippen molar-refractivity contribution in [3.05, 3.63) is 89.0 Å². The molecule has 0 amide bonds. The van der Waals surface area contributed by atoms with Gasteiger partial charge >= 0.3 is 7.12 Å². The summed E-state index contributed by atoms with van der Waals surface area (Å²) >= 11 is 0. The average molecular weight is 519 g/mol. The molecule has 1 heterocycles. The number of aryl methyl sites for hydroxylation is 1. The Labute approximate surface area is 226 Å². The van der Waals surface area contributed by atoms with E-state index in [1.807, 2.05) is 18.2 Å². The minimum absolute atomic E-state index is 0. The van der Waals surface area contributed by atoms with Gasteiger partial charge in [-0.15, -0.1) is 12.4 Å². The number of anilines is 1. The molecule has 0 unspecified atom stereocenters. The Bertz CT molecular complexity index is 1230. The van der Waals surface area contributed by atoms with Crippen molar-refractivity contribution in [2.75, 3.05) is 38.2 Å². The summed E-state index contributed by atoms with van der Waals surface area (Å²) < 4.78 is 5.58. The molecule has 1 saturated heterocycles. The Morgan fingerprint density at radius 2 is 1.46 bits per heavy atom. The molecule has 194 valence electrons. The summed E-state index contributed by atoms with van der Waals surface area (Å²) in [6.07, 6.45) is 1.88. The monoisotopic (exact) mass is 518 g/mol. The van der Waals surface area contributed by atoms with Crippen LogP contribution in [0.2, 0.25) is 0 Å². The van der Waals surface area contributed by atoms with Gasteiger partial charge in [0.1, 0.15) is 5.75 Å². The summed E-state index contributed by atoms with van der Waals surface area (Å²) in [5.74, 6) is 0.853. The number of methoxy groups -OCH3 is 1. The van der Waals surface area contributed by atoms with Gasteiger partial charge < -0.3 is 19.7 Å². The van der Waals surface area contributed by atoms with Crippen LogP contribution in [0.5, 0.6) is 5.75 Å². The second-order valence-electron chi connectivity index (χ2n) is 10.0. The first-order chi connectivity index (χ1) is 17.4. The largest absolute Gasteiger partial charge is 0.497 e. The quantitative estimate of drug-likeness (QED) is 0.478. The number of allylic oxidation sites excluding steroid dienone is 1. The van der Waals surface area contributed by atoms with Crippen LogP contribution >= 0.6 is 12.4 Å². The highest BCUT2D eigenvalue weighted by atomic mass is 35.5. The Kier molecular flexibility index (Phi) is 8.65. The van der Waals surface area contributed by atoms with E-state index in [0.717, 1.165) is 50.3 Å². The van der Waals surface area contributed by atoms with Crippen molar-refractivity contribution in [3.8, 4) is 5.75 Å². The van der Waals surface area contributed by atoms with Crippen LogP contribution in [-0.4, -0.2) is 61.4 Å². The standard InChI is InChI=1S/C30H35BN2O3.ClH/c1-21(2)32-16-18-33(19-17-32)26-12-6-24(7-13-26)30-28(22-4-10-25(11-5-22)31(34)35)15-9-23-8-14-27(36-3)20-29(23)30;/h4-8,10-14,20-21,34-35H,9,15-19H2,1-3H3;1H. The van der Waals surface area contributed by atoms with E-state index < -0.39 is 7.12 Å². The summed E-state index contributed by atoms with van der Waals surface area (Å²) in [4.78, 5) is 5.02. The van der Waals surface area contributed by atoms with Gasteiger partial charge in [0.15, 0.2) is 0 Å². The normalized spacial score (nSPS) is 15.9. The lowest BCUT2D eigenvalue weighted by Gasteiger charge is -2.38. The molecule has 2 N–H and O–H groups in total. The zero-order chi connectivity index (χ0) is 25.2. The fourth-order valence-corrected chi connectivity index (χ4v) is 5.49. The lowest BCUT2D eigenvalue weighted by atomic mass is 9.77. The number of piperazine rings is 1. The molecule has 5 nitrogen and oxygen atoms in total. The molecule has 0 spiro atoms. The van der Waals surface area contributed by atoms with Gasteiger partial charge in [-0.25, -0.2) is 0 Å². The van der Waals surface area contributed by atoms with Gasteiger partial charge in [0.25, 0.3) is 0 Å². The van der Waals surface area contributed by atoms with Crippen LogP contribution in [0.25, 0.3) is 11.1 Å². The van der Waals surface area contributed by atoms with Crippen molar-refractivity contribution in [2.45, 2.75) is 32.7 Å². The Morgan fingerprint density at radius 1 is 0.811 bits per heavy atom. The predicted octanol–water partition coefficient (Wildman–Crippen LogP) is 4.23. The van der Waals surface area contributed by atoms with E-state index in [2.05, 4.69) is 60.0 Å². The second kappa shape index (κ2) is 11.7. The fraction of sp³-hybridized carbons (Fsp3) is 0.333. The molecule has 1 aliphatic carbocycles. The van der Waals surface area contributed by atoms with Crippen molar-refractivity contribution in [2.24, 2.45) is 0 Å². The molecule has 0 saturated carbocycles. The molecule has 0 radical (unpaired) electrons. The lowest BCUT2D eigenvalue weighted by molar-refractivity contribution is 0.209. The van der Waals surface area contributed by atoms with Gasteiger partial charge in [-0.2, -0.15) is 0 Å². The highest BCUT2D eigenvalue weighted by Gasteiger charge is 2.24. The van der Waals surface area contributed by atoms with E-state index in [1.54, 1.807) is 19.2 Å². The van der Waals surface area contributed by atoms with Crippen molar-refractivity contribution >= 4 is 41.8 Å². The topological polar surface area (TPSA) is 56.2 Å². The summed E-state index contributed by atoms with van der Waals surface area (Å²) in [5.41, 5.74) is 9.10. The van der Waals surface area contributed by atoms with Gasteiger partial charge in [-0.1, -0.05) is 42.5 Å². The third-order valence-electron chi connectivity index (χ3n) is 7.66. The number of halogens is 1. The van der Waals surface area contributed by atoms with Crippen LogP contribution in [0.15, 0.2) is 66.7 Å². The molecule has 5 rings (SSSR count). The SMILES string of the molecule is COc1ccc2c(c1)C(c1ccc(N3CCN(C(C)C)CC3)cc1)=C(c1ccc(B(O)O)cc1)CC2.Cl. The van der Waals surface area contributed by atoms with Crippen LogP contribution in [0.4, 0.5) is 5.69 Å². The molecule has 1 aliphatic heterocycles. The number of hydrogen-bond donors (Lipinski definition) is 2. The van der Waals surface area contributed by atoms with Crippen LogP contribution in [0.3, 0.4) is 0 Å². The average Bonchev–Trinajstić information content (AvgIpc) is 2.92. The molecule has 37 heavy (non-hydrogen) atoms. The first kappa shape index (κ1) is 27.3. The highest BCUT2D eigenvalue weighted by molar-refractivity contribution is 6.58. The molecule has 2 aliphatic rings. The number of hydrogen-bond acceptors (Lipinski definition) is 5. The molecule has 0 bridgehead atoms. The van der Waals surface area contributed by atoms with Crippen LogP contribution in [-0.2, 0) is 6.42 Å². The van der Waals surface area contributed by atoms with Crippen molar-refractivity contribution < 1.29 is 14.8 Å². The number of ether oxygens (including phenoxy) is 1. The van der Waals surface area contributed by atoms with E-state index in [-0.39, 0.29) is 12.4 Å². The molecule has 7 heteroatoms. The molecule has 3 aromatic rings. The van der Waals surface area contributed by atoms with Crippen molar-refractivity contribution in [1.82, 2.24) is 4.90 Å². The van der Waals surface area contributed by atoms with Crippen LogP contribution < -0.4 is 15.1 Å². The third-order valence-corrected chi connectivity index (χ3v) is 7.66. The van der Waals surface area contributed by atoms with E-state index in [9.17, 15) is 10.0 Å². The number of nitrogens with zero attached hydrogens (tertiary/aromatic N) is 2. The Morgan fingerprint density at radius 3 is 2.05 bits per heavy atom. The Balaban J connectivity index is 0.00000320. The first-order valence-corrected chi connectivity index (χ1v) is 12.9. The predicted molar refractivity (Wildman–Crippen MR) is 156 cm³/mol. The summed E-state index contributed by atoms with van der Waals surface area (Å²) in [6.45, 7) is 8.84. The van der Waals surface area contributed by atoms with E-state index >= 15 is 0 Å². The maximum atomic E-state index is 9.54. The molecular weight excluding hydrogens is 483 g/mol. The van der Waals surface area contributed by atoms with Gasteiger partial charge in [0.05, 0.1) is 7.11 Å². The zero-order valence-corrected chi connectivity index (χ0v) is 22.7. The van der Waals surface area contributed by atoms with E-state index in [1.165, 1.54) is 33.5 Å². The molecule has 0 aromatic heterocycles. The third kappa shape index (κ3) is 5.73. The van der Waals surface area contributed by atoms with Crippen molar-refractivity contribution in [3.63, 3.8) is 0 Å². The summed E-state index contributed by atoms with van der Waals surface area (Å²) in [7, 11) is 0.250. The lowest BCUT2D eigenvalue weighted by Crippen LogP contribution is -2.48. The summed E-state index contributed by atoms with van der Waals surface area (Å²) in [5, 5.41) is 19.1. The molecular formula is C30H36BClN2O3. The molecule has 1 fully saturated rings. The molecule has 3 aromatic carbocycles. The fourth-order valence-electron chi connectivity index (χ4n) is 5.49. The van der Waals surface area contributed by atoms with Gasteiger partial charge in [-0.3, -0.25) is 4.90 Å². The minimum atomic E-state index is -1.46. The highest BCUT2D eigenvalue weighted by Crippen LogP contribution is 2.42. The van der Waals surface area contributed by atoms with Crippen LogP contribution in [0.1, 0.15) is 42.5 Å². The van der Waals surface area contributed by atoms with E-state index in [4.69, 9.17) is 4.74 Å². The number of rotatable bonds is 6. The molecule has 0 atom stereocenters. The van der Waals surface area contributed by atoms with Crippen molar-refractivity contribution in [1.29, 1.82) is 0 Å². The van der Waals surface area contributed by atoms with Gasteiger partial charge in [-0.05, 0) is 89.8 Å². The maximum Gasteiger partial charge on any atom is 0.488 e. The van der Waals surface area contributed by atoms with Crippen LogP contribution in [0, 0.1) is 0 Å². The number of fused-ring (bicyclic) bond motifs is 1. The smallest absolute Gasteiger partial charge is 0.488 e.